The molecule has 0 unspecified atom stereocenters. The van der Waals surface area contributed by atoms with Gasteiger partial charge >= 0.3 is 0 Å². The van der Waals surface area contributed by atoms with Crippen molar-refractivity contribution in [1.82, 2.24) is 9.78 Å². The van der Waals surface area contributed by atoms with E-state index in [1.54, 1.807) is 6.07 Å². The fraction of sp³-hybridized carbons (Fsp3) is 0.0588. The summed E-state index contributed by atoms with van der Waals surface area (Å²) in [4.78, 5) is 12.0. The SMILES string of the molecule is O=c1ccc(-c2ccccc2Cl)nn1Cc1ccccc1. The summed E-state index contributed by atoms with van der Waals surface area (Å²) < 4.78 is 1.45. The Kier molecular flexibility index (Phi) is 3.84. The Hall–Kier alpha value is -2.39. The van der Waals surface area contributed by atoms with Crippen molar-refractivity contribution in [2.75, 3.05) is 0 Å². The number of nitrogens with zero attached hydrogens (tertiary/aromatic N) is 2. The van der Waals surface area contributed by atoms with Gasteiger partial charge in [0.15, 0.2) is 0 Å². The molecular weight excluding hydrogens is 284 g/mol. The van der Waals surface area contributed by atoms with E-state index in [0.717, 1.165) is 11.1 Å². The molecule has 0 aliphatic rings. The van der Waals surface area contributed by atoms with Gasteiger partial charge in [0.1, 0.15) is 0 Å². The summed E-state index contributed by atoms with van der Waals surface area (Å²) in [5.41, 5.74) is 2.41. The Morgan fingerprint density at radius 3 is 2.38 bits per heavy atom. The molecule has 3 nitrogen and oxygen atoms in total. The highest BCUT2D eigenvalue weighted by molar-refractivity contribution is 6.33. The quantitative estimate of drug-likeness (QED) is 0.740. The number of rotatable bonds is 3. The third kappa shape index (κ3) is 3.03. The second-order valence-corrected chi connectivity index (χ2v) is 5.09. The summed E-state index contributed by atoms with van der Waals surface area (Å²) in [6, 6.07) is 20.5. The molecule has 4 heteroatoms. The molecule has 0 saturated carbocycles. The average Bonchev–Trinajstić information content (AvgIpc) is 2.51. The van der Waals surface area contributed by atoms with Crippen molar-refractivity contribution < 1.29 is 0 Å². The second kappa shape index (κ2) is 5.94. The van der Waals surface area contributed by atoms with Crippen LogP contribution < -0.4 is 5.56 Å². The van der Waals surface area contributed by atoms with Gasteiger partial charge in [-0.3, -0.25) is 4.79 Å². The van der Waals surface area contributed by atoms with Crippen molar-refractivity contribution in [3.05, 3.63) is 87.7 Å². The van der Waals surface area contributed by atoms with E-state index in [0.29, 0.717) is 17.3 Å². The summed E-state index contributed by atoms with van der Waals surface area (Å²) in [5.74, 6) is 0. The zero-order valence-corrected chi connectivity index (χ0v) is 12.0. The monoisotopic (exact) mass is 296 g/mol. The minimum Gasteiger partial charge on any atom is -0.268 e. The molecule has 0 N–H and O–H groups in total. The Morgan fingerprint density at radius 2 is 1.62 bits per heavy atom. The summed E-state index contributed by atoms with van der Waals surface area (Å²) in [6.07, 6.45) is 0. The number of hydrogen-bond donors (Lipinski definition) is 0. The van der Waals surface area contributed by atoms with Crippen LogP contribution in [-0.2, 0) is 6.54 Å². The Labute approximate surface area is 127 Å². The predicted molar refractivity (Wildman–Crippen MR) is 84.5 cm³/mol. The molecule has 0 saturated heterocycles. The van der Waals surface area contributed by atoms with E-state index in [1.807, 2.05) is 54.6 Å². The fourth-order valence-electron chi connectivity index (χ4n) is 2.13. The van der Waals surface area contributed by atoms with Gasteiger partial charge in [0.2, 0.25) is 0 Å². The van der Waals surface area contributed by atoms with E-state index in [2.05, 4.69) is 5.10 Å². The first-order chi connectivity index (χ1) is 10.2. The second-order valence-electron chi connectivity index (χ2n) is 4.68. The van der Waals surface area contributed by atoms with Gasteiger partial charge in [-0.05, 0) is 17.7 Å². The van der Waals surface area contributed by atoms with E-state index in [9.17, 15) is 4.79 Å². The third-order valence-electron chi connectivity index (χ3n) is 3.19. The summed E-state index contributed by atoms with van der Waals surface area (Å²) in [7, 11) is 0. The largest absolute Gasteiger partial charge is 0.268 e. The minimum absolute atomic E-state index is 0.130. The van der Waals surface area contributed by atoms with Crippen molar-refractivity contribution in [3.63, 3.8) is 0 Å². The number of benzene rings is 2. The first-order valence-corrected chi connectivity index (χ1v) is 6.99. The normalized spacial score (nSPS) is 10.5. The van der Waals surface area contributed by atoms with Gasteiger partial charge in [-0.25, -0.2) is 4.68 Å². The molecule has 0 amide bonds. The first kappa shape index (κ1) is 13.6. The van der Waals surface area contributed by atoms with E-state index < -0.39 is 0 Å². The molecule has 0 bridgehead atoms. The van der Waals surface area contributed by atoms with E-state index >= 15 is 0 Å². The van der Waals surface area contributed by atoms with E-state index in [4.69, 9.17) is 11.6 Å². The lowest BCUT2D eigenvalue weighted by molar-refractivity contribution is 0.643. The molecule has 0 atom stereocenters. The summed E-state index contributed by atoms with van der Waals surface area (Å²) in [5, 5.41) is 5.04. The molecule has 3 rings (SSSR count). The highest BCUT2D eigenvalue weighted by Crippen LogP contribution is 2.24. The standard InChI is InChI=1S/C17H13ClN2O/c18-15-9-5-4-8-14(15)16-10-11-17(21)20(19-16)12-13-6-2-1-3-7-13/h1-11H,12H2. The lowest BCUT2D eigenvalue weighted by Gasteiger charge is -2.08. The van der Waals surface area contributed by atoms with Crippen LogP contribution in [0.15, 0.2) is 71.5 Å². The van der Waals surface area contributed by atoms with Crippen molar-refractivity contribution >= 4 is 11.6 Å². The molecule has 0 fully saturated rings. The van der Waals surface area contributed by atoms with Crippen molar-refractivity contribution in [3.8, 4) is 11.3 Å². The highest BCUT2D eigenvalue weighted by Gasteiger charge is 2.07. The van der Waals surface area contributed by atoms with Crippen LogP contribution in [0.4, 0.5) is 0 Å². The molecule has 21 heavy (non-hydrogen) atoms. The number of aromatic nitrogens is 2. The van der Waals surface area contributed by atoms with Gasteiger partial charge in [-0.2, -0.15) is 5.10 Å². The predicted octanol–water partition coefficient (Wildman–Crippen LogP) is 3.61. The zero-order chi connectivity index (χ0) is 14.7. The van der Waals surface area contributed by atoms with E-state index in [-0.39, 0.29) is 5.56 Å². The smallest absolute Gasteiger partial charge is 0.267 e. The van der Waals surface area contributed by atoms with Crippen LogP contribution in [0, 0.1) is 0 Å². The van der Waals surface area contributed by atoms with Gasteiger partial charge in [-0.1, -0.05) is 60.1 Å². The maximum absolute atomic E-state index is 12.0. The van der Waals surface area contributed by atoms with Crippen LogP contribution in [0.25, 0.3) is 11.3 Å². The topological polar surface area (TPSA) is 34.9 Å². The summed E-state index contributed by atoms with van der Waals surface area (Å²) in [6.45, 7) is 0.442. The highest BCUT2D eigenvalue weighted by atomic mass is 35.5. The lowest BCUT2D eigenvalue weighted by atomic mass is 10.1. The fourth-order valence-corrected chi connectivity index (χ4v) is 2.36. The summed E-state index contributed by atoms with van der Waals surface area (Å²) >= 11 is 6.18. The van der Waals surface area contributed by atoms with Gasteiger partial charge in [-0.15, -0.1) is 0 Å². The molecule has 0 aliphatic heterocycles. The molecule has 1 aromatic heterocycles. The molecule has 0 spiro atoms. The molecule has 1 heterocycles. The van der Waals surface area contributed by atoms with Crippen molar-refractivity contribution in [2.45, 2.75) is 6.54 Å². The van der Waals surface area contributed by atoms with Crippen LogP contribution in [0.1, 0.15) is 5.56 Å². The molecule has 104 valence electrons. The van der Waals surface area contributed by atoms with Crippen LogP contribution in [0.2, 0.25) is 5.02 Å². The molecule has 0 aliphatic carbocycles. The Bertz CT molecular complexity index is 812. The first-order valence-electron chi connectivity index (χ1n) is 6.61. The lowest BCUT2D eigenvalue weighted by Crippen LogP contribution is -2.22. The van der Waals surface area contributed by atoms with Gasteiger partial charge in [0.05, 0.1) is 17.3 Å². The average molecular weight is 297 g/mol. The van der Waals surface area contributed by atoms with Crippen LogP contribution in [0.3, 0.4) is 0 Å². The van der Waals surface area contributed by atoms with Crippen LogP contribution in [-0.4, -0.2) is 9.78 Å². The van der Waals surface area contributed by atoms with Gasteiger partial charge < -0.3 is 0 Å². The number of halogens is 1. The van der Waals surface area contributed by atoms with Crippen molar-refractivity contribution in [2.24, 2.45) is 0 Å². The Balaban J connectivity index is 2.01. The maximum atomic E-state index is 12.0. The van der Waals surface area contributed by atoms with E-state index in [1.165, 1.54) is 10.7 Å². The minimum atomic E-state index is -0.130. The van der Waals surface area contributed by atoms with Crippen LogP contribution in [0.5, 0.6) is 0 Å². The van der Waals surface area contributed by atoms with Gasteiger partial charge in [0.25, 0.3) is 5.56 Å². The molecule has 3 aromatic rings. The Morgan fingerprint density at radius 1 is 0.905 bits per heavy atom. The van der Waals surface area contributed by atoms with Crippen LogP contribution >= 0.6 is 11.6 Å². The molecule has 0 radical (unpaired) electrons. The third-order valence-corrected chi connectivity index (χ3v) is 3.52. The zero-order valence-electron chi connectivity index (χ0n) is 11.2. The number of hydrogen-bond acceptors (Lipinski definition) is 2. The van der Waals surface area contributed by atoms with Crippen molar-refractivity contribution in [1.29, 1.82) is 0 Å². The molecular formula is C17H13ClN2O. The molecule has 2 aromatic carbocycles. The maximum Gasteiger partial charge on any atom is 0.267 e. The van der Waals surface area contributed by atoms with Gasteiger partial charge in [0, 0.05) is 11.6 Å².